The van der Waals surface area contributed by atoms with E-state index in [9.17, 15) is 0 Å². The summed E-state index contributed by atoms with van der Waals surface area (Å²) in [6.45, 7) is 5.96. The quantitative estimate of drug-likeness (QED) is 0.304. The first kappa shape index (κ1) is 15.2. The van der Waals surface area contributed by atoms with Crippen LogP contribution in [0.15, 0.2) is 37.0 Å². The SMILES string of the molecule is C=CCCCC=CCCCC=CCCCC. The van der Waals surface area contributed by atoms with Gasteiger partial charge in [0.15, 0.2) is 0 Å². The van der Waals surface area contributed by atoms with Crippen molar-refractivity contribution in [3.05, 3.63) is 37.0 Å². The summed E-state index contributed by atoms with van der Waals surface area (Å²) in [6, 6.07) is 0. The number of rotatable bonds is 11. The fourth-order valence-corrected chi connectivity index (χ4v) is 1.53. The van der Waals surface area contributed by atoms with Gasteiger partial charge in [-0.2, -0.15) is 0 Å². The zero-order valence-corrected chi connectivity index (χ0v) is 11.0. The molecule has 0 heteroatoms. The molecule has 0 aromatic carbocycles. The number of hydrogen-bond donors (Lipinski definition) is 0. The van der Waals surface area contributed by atoms with Crippen molar-refractivity contribution in [2.24, 2.45) is 0 Å². The van der Waals surface area contributed by atoms with Crippen LogP contribution in [0.4, 0.5) is 0 Å². The molecule has 0 aliphatic carbocycles. The van der Waals surface area contributed by atoms with Crippen LogP contribution >= 0.6 is 0 Å². The van der Waals surface area contributed by atoms with E-state index in [4.69, 9.17) is 0 Å². The third-order valence-electron chi connectivity index (χ3n) is 2.58. The summed E-state index contributed by atoms with van der Waals surface area (Å²) >= 11 is 0. The Morgan fingerprint density at radius 1 is 0.688 bits per heavy atom. The second kappa shape index (κ2) is 14.2. The molecule has 0 nitrogen and oxygen atoms in total. The van der Waals surface area contributed by atoms with E-state index in [1.165, 1.54) is 51.4 Å². The summed E-state index contributed by atoms with van der Waals surface area (Å²) in [5, 5.41) is 0. The molecule has 0 aliphatic rings. The van der Waals surface area contributed by atoms with Crippen molar-refractivity contribution < 1.29 is 0 Å². The minimum absolute atomic E-state index is 1.14. The van der Waals surface area contributed by atoms with Crippen LogP contribution in [0.5, 0.6) is 0 Å². The molecule has 0 radical (unpaired) electrons. The minimum Gasteiger partial charge on any atom is -0.103 e. The van der Waals surface area contributed by atoms with E-state index in [-0.39, 0.29) is 0 Å². The molecule has 0 heterocycles. The van der Waals surface area contributed by atoms with E-state index in [1.54, 1.807) is 0 Å². The molecule has 0 unspecified atom stereocenters. The first-order valence-electron chi connectivity index (χ1n) is 6.82. The van der Waals surface area contributed by atoms with Gasteiger partial charge in [-0.05, 0) is 44.9 Å². The molecule has 0 spiro atoms. The fraction of sp³-hybridized carbons (Fsp3) is 0.625. The molecule has 0 saturated heterocycles. The third kappa shape index (κ3) is 13.2. The van der Waals surface area contributed by atoms with E-state index in [0.717, 1.165) is 6.42 Å². The van der Waals surface area contributed by atoms with Gasteiger partial charge < -0.3 is 0 Å². The Bertz CT molecular complexity index is 186. The van der Waals surface area contributed by atoms with Gasteiger partial charge in [0.25, 0.3) is 0 Å². The Kier molecular flexibility index (Phi) is 13.5. The minimum atomic E-state index is 1.14. The highest BCUT2D eigenvalue weighted by Crippen LogP contribution is 2.03. The van der Waals surface area contributed by atoms with Crippen molar-refractivity contribution in [2.75, 3.05) is 0 Å². The molecule has 0 saturated carbocycles. The second-order valence-electron chi connectivity index (χ2n) is 4.24. The van der Waals surface area contributed by atoms with Crippen molar-refractivity contribution in [1.82, 2.24) is 0 Å². The summed E-state index contributed by atoms with van der Waals surface area (Å²) in [7, 11) is 0. The molecule has 0 atom stereocenters. The smallest absolute Gasteiger partial charge is 0.0348 e. The van der Waals surface area contributed by atoms with Crippen molar-refractivity contribution in [3.8, 4) is 0 Å². The maximum atomic E-state index is 3.72. The van der Waals surface area contributed by atoms with Gasteiger partial charge in [0, 0.05) is 0 Å². The molecule has 0 N–H and O–H groups in total. The molecule has 0 aromatic heterocycles. The average molecular weight is 220 g/mol. The van der Waals surface area contributed by atoms with Gasteiger partial charge in [-0.1, -0.05) is 50.1 Å². The molecular weight excluding hydrogens is 192 g/mol. The van der Waals surface area contributed by atoms with E-state index < -0.39 is 0 Å². The van der Waals surface area contributed by atoms with Crippen LogP contribution in [0.25, 0.3) is 0 Å². The molecule has 0 aromatic rings. The molecule has 0 bridgehead atoms. The molecule has 0 aliphatic heterocycles. The lowest BCUT2D eigenvalue weighted by Crippen LogP contribution is -1.72. The Labute approximate surface area is 102 Å². The maximum Gasteiger partial charge on any atom is -0.0348 e. The second-order valence-corrected chi connectivity index (χ2v) is 4.24. The summed E-state index contributed by atoms with van der Waals surface area (Å²) < 4.78 is 0. The summed E-state index contributed by atoms with van der Waals surface area (Å²) in [5.74, 6) is 0. The lowest BCUT2D eigenvalue weighted by molar-refractivity contribution is 0.804. The topological polar surface area (TPSA) is 0 Å². The van der Waals surface area contributed by atoms with Gasteiger partial charge in [-0.25, -0.2) is 0 Å². The zero-order chi connectivity index (χ0) is 11.9. The van der Waals surface area contributed by atoms with Crippen LogP contribution in [0.3, 0.4) is 0 Å². The lowest BCUT2D eigenvalue weighted by Gasteiger charge is -1.92. The molecule has 0 rings (SSSR count). The van der Waals surface area contributed by atoms with E-state index in [0.29, 0.717) is 0 Å². The first-order valence-corrected chi connectivity index (χ1v) is 6.82. The van der Waals surface area contributed by atoms with E-state index in [2.05, 4.69) is 37.8 Å². The molecule has 16 heavy (non-hydrogen) atoms. The Balaban J connectivity index is 3.13. The largest absolute Gasteiger partial charge is 0.103 e. The zero-order valence-electron chi connectivity index (χ0n) is 11.0. The van der Waals surface area contributed by atoms with Gasteiger partial charge in [-0.3, -0.25) is 0 Å². The molecule has 0 fully saturated rings. The lowest BCUT2D eigenvalue weighted by atomic mass is 10.1. The van der Waals surface area contributed by atoms with Crippen molar-refractivity contribution in [3.63, 3.8) is 0 Å². The number of hydrogen-bond acceptors (Lipinski definition) is 0. The van der Waals surface area contributed by atoms with Crippen molar-refractivity contribution in [2.45, 2.75) is 64.7 Å². The summed E-state index contributed by atoms with van der Waals surface area (Å²) in [6.07, 6.45) is 22.5. The Morgan fingerprint density at radius 3 is 1.56 bits per heavy atom. The third-order valence-corrected chi connectivity index (χ3v) is 2.58. The van der Waals surface area contributed by atoms with E-state index in [1.807, 2.05) is 6.08 Å². The highest BCUT2D eigenvalue weighted by Gasteiger charge is 1.82. The van der Waals surface area contributed by atoms with Crippen LogP contribution < -0.4 is 0 Å². The molecular formula is C16H28. The van der Waals surface area contributed by atoms with Gasteiger partial charge in [0.2, 0.25) is 0 Å². The summed E-state index contributed by atoms with van der Waals surface area (Å²) in [4.78, 5) is 0. The van der Waals surface area contributed by atoms with Crippen LogP contribution in [0, 0.1) is 0 Å². The predicted molar refractivity (Wildman–Crippen MR) is 75.7 cm³/mol. The highest BCUT2D eigenvalue weighted by atomic mass is 13.9. The van der Waals surface area contributed by atoms with E-state index >= 15 is 0 Å². The number of unbranched alkanes of at least 4 members (excludes halogenated alkanes) is 6. The Morgan fingerprint density at radius 2 is 1.12 bits per heavy atom. The van der Waals surface area contributed by atoms with Crippen molar-refractivity contribution in [1.29, 1.82) is 0 Å². The average Bonchev–Trinajstić information content (AvgIpc) is 2.31. The van der Waals surface area contributed by atoms with Gasteiger partial charge in [0.05, 0.1) is 0 Å². The first-order chi connectivity index (χ1) is 7.91. The Hall–Kier alpha value is -0.780. The van der Waals surface area contributed by atoms with Crippen LogP contribution in [0.1, 0.15) is 64.7 Å². The van der Waals surface area contributed by atoms with Crippen LogP contribution in [-0.2, 0) is 0 Å². The van der Waals surface area contributed by atoms with Crippen molar-refractivity contribution >= 4 is 0 Å². The standard InChI is InChI=1S/C16H28/c1-3-5-7-9-11-13-15-16-14-12-10-8-6-4-2/h3,10-13H,1,4-9,14-16H2,2H3. The van der Waals surface area contributed by atoms with Gasteiger partial charge >= 0.3 is 0 Å². The van der Waals surface area contributed by atoms with Crippen LogP contribution in [0.2, 0.25) is 0 Å². The fourth-order valence-electron chi connectivity index (χ4n) is 1.53. The molecule has 92 valence electrons. The van der Waals surface area contributed by atoms with Gasteiger partial charge in [-0.15, -0.1) is 6.58 Å². The summed E-state index contributed by atoms with van der Waals surface area (Å²) in [5.41, 5.74) is 0. The van der Waals surface area contributed by atoms with Gasteiger partial charge in [0.1, 0.15) is 0 Å². The highest BCUT2D eigenvalue weighted by molar-refractivity contribution is 4.85. The molecule has 0 amide bonds. The van der Waals surface area contributed by atoms with Crippen LogP contribution in [-0.4, -0.2) is 0 Å². The normalized spacial score (nSPS) is 11.6. The maximum absolute atomic E-state index is 3.72. The predicted octanol–water partition coefficient (Wildman–Crippen LogP) is 5.82. The monoisotopic (exact) mass is 220 g/mol. The number of allylic oxidation sites excluding steroid dienone is 5.